The van der Waals surface area contributed by atoms with Crippen LogP contribution in [0.1, 0.15) is 34.1 Å². The van der Waals surface area contributed by atoms with Gasteiger partial charge in [0.1, 0.15) is 0 Å². The number of nitrogens with zero attached hydrogens (tertiary/aromatic N) is 2. The number of hydrogen-bond donors (Lipinski definition) is 1. The standard InChI is InChI=1S/C13H27N3O/c1-10(2)15(5)12(17)11(3)16-7-6-13(4,8-14)9-16/h10-11H,6-9,14H2,1-5H3. The quantitative estimate of drug-likeness (QED) is 0.796. The third-order valence-electron chi connectivity index (χ3n) is 4.11. The van der Waals surface area contributed by atoms with E-state index >= 15 is 0 Å². The summed E-state index contributed by atoms with van der Waals surface area (Å²) in [6.45, 7) is 10.9. The van der Waals surface area contributed by atoms with E-state index in [9.17, 15) is 4.79 Å². The van der Waals surface area contributed by atoms with Crippen molar-refractivity contribution in [3.63, 3.8) is 0 Å². The van der Waals surface area contributed by atoms with Crippen LogP contribution in [-0.4, -0.2) is 54.5 Å². The van der Waals surface area contributed by atoms with Gasteiger partial charge < -0.3 is 10.6 Å². The largest absolute Gasteiger partial charge is 0.342 e. The monoisotopic (exact) mass is 241 g/mol. The highest BCUT2D eigenvalue weighted by Gasteiger charge is 2.37. The van der Waals surface area contributed by atoms with Crippen molar-refractivity contribution in [2.24, 2.45) is 11.1 Å². The summed E-state index contributed by atoms with van der Waals surface area (Å²) in [6, 6.07) is 0.226. The zero-order valence-electron chi connectivity index (χ0n) is 11.9. The summed E-state index contributed by atoms with van der Waals surface area (Å²) in [5.41, 5.74) is 5.98. The molecule has 0 aromatic rings. The molecule has 2 atom stereocenters. The Bertz CT molecular complexity index is 280. The molecule has 4 heteroatoms. The van der Waals surface area contributed by atoms with Gasteiger partial charge in [-0.05, 0) is 45.7 Å². The molecule has 4 nitrogen and oxygen atoms in total. The molecule has 1 heterocycles. The fraction of sp³-hybridized carbons (Fsp3) is 0.923. The molecule has 17 heavy (non-hydrogen) atoms. The van der Waals surface area contributed by atoms with Crippen LogP contribution < -0.4 is 5.73 Å². The van der Waals surface area contributed by atoms with Crippen LogP contribution in [0.3, 0.4) is 0 Å². The van der Waals surface area contributed by atoms with Crippen molar-refractivity contribution in [2.45, 2.75) is 46.2 Å². The predicted molar refractivity (Wildman–Crippen MR) is 70.7 cm³/mol. The Morgan fingerprint density at radius 1 is 1.47 bits per heavy atom. The molecule has 0 aromatic heterocycles. The van der Waals surface area contributed by atoms with Gasteiger partial charge in [-0.15, -0.1) is 0 Å². The lowest BCUT2D eigenvalue weighted by Crippen LogP contribution is -2.47. The molecule has 1 saturated heterocycles. The van der Waals surface area contributed by atoms with E-state index in [0.717, 1.165) is 19.5 Å². The molecule has 1 aliphatic heterocycles. The van der Waals surface area contributed by atoms with Gasteiger partial charge in [-0.25, -0.2) is 0 Å². The molecule has 0 bridgehead atoms. The van der Waals surface area contributed by atoms with Crippen LogP contribution in [0.2, 0.25) is 0 Å². The molecule has 0 aromatic carbocycles. The fourth-order valence-corrected chi connectivity index (χ4v) is 2.26. The molecule has 2 N–H and O–H groups in total. The molecule has 1 amide bonds. The van der Waals surface area contributed by atoms with Crippen molar-refractivity contribution in [3.8, 4) is 0 Å². The van der Waals surface area contributed by atoms with E-state index in [0.29, 0.717) is 6.54 Å². The number of nitrogens with two attached hydrogens (primary N) is 1. The highest BCUT2D eigenvalue weighted by molar-refractivity contribution is 5.81. The zero-order chi connectivity index (χ0) is 13.2. The summed E-state index contributed by atoms with van der Waals surface area (Å²) >= 11 is 0. The summed E-state index contributed by atoms with van der Waals surface area (Å²) in [5.74, 6) is 0.210. The predicted octanol–water partition coefficient (Wildman–Crippen LogP) is 0.912. The summed E-state index contributed by atoms with van der Waals surface area (Å²) in [6.07, 6.45) is 1.09. The zero-order valence-corrected chi connectivity index (χ0v) is 11.9. The van der Waals surface area contributed by atoms with Crippen LogP contribution >= 0.6 is 0 Å². The number of rotatable bonds is 4. The SMILES string of the molecule is CC(C(=O)N(C)C(C)C)N1CCC(C)(CN)C1. The highest BCUT2D eigenvalue weighted by Crippen LogP contribution is 2.30. The second-order valence-electron chi connectivity index (χ2n) is 5.95. The average Bonchev–Trinajstić information content (AvgIpc) is 2.69. The lowest BCUT2D eigenvalue weighted by Gasteiger charge is -2.31. The van der Waals surface area contributed by atoms with Gasteiger partial charge >= 0.3 is 0 Å². The summed E-state index contributed by atoms with van der Waals surface area (Å²) in [5, 5.41) is 0. The Hall–Kier alpha value is -0.610. The van der Waals surface area contributed by atoms with Gasteiger partial charge in [0.05, 0.1) is 6.04 Å². The van der Waals surface area contributed by atoms with E-state index in [1.165, 1.54) is 0 Å². The van der Waals surface area contributed by atoms with E-state index in [1.807, 2.05) is 32.7 Å². The van der Waals surface area contributed by atoms with Crippen molar-refractivity contribution >= 4 is 5.91 Å². The van der Waals surface area contributed by atoms with E-state index < -0.39 is 0 Å². The molecule has 100 valence electrons. The minimum atomic E-state index is -0.0317. The van der Waals surface area contributed by atoms with Crippen LogP contribution in [0.25, 0.3) is 0 Å². The van der Waals surface area contributed by atoms with Crippen molar-refractivity contribution < 1.29 is 4.79 Å². The number of likely N-dealkylation sites (tertiary alicyclic amines) is 1. The lowest BCUT2D eigenvalue weighted by atomic mass is 9.90. The number of carbonyl (C=O) groups is 1. The van der Waals surface area contributed by atoms with E-state index in [2.05, 4.69) is 11.8 Å². The summed E-state index contributed by atoms with van der Waals surface area (Å²) < 4.78 is 0. The number of carbonyl (C=O) groups excluding carboxylic acids is 1. The van der Waals surface area contributed by atoms with Crippen LogP contribution in [0.4, 0.5) is 0 Å². The highest BCUT2D eigenvalue weighted by atomic mass is 16.2. The minimum Gasteiger partial charge on any atom is -0.342 e. The number of hydrogen-bond acceptors (Lipinski definition) is 3. The maximum Gasteiger partial charge on any atom is 0.239 e. The molecule has 0 spiro atoms. The summed E-state index contributed by atoms with van der Waals surface area (Å²) in [4.78, 5) is 16.3. The smallest absolute Gasteiger partial charge is 0.239 e. The molecule has 0 aliphatic carbocycles. The number of amides is 1. The van der Waals surface area contributed by atoms with E-state index in [4.69, 9.17) is 5.73 Å². The first-order valence-electron chi connectivity index (χ1n) is 6.51. The Balaban J connectivity index is 2.60. The van der Waals surface area contributed by atoms with Gasteiger partial charge in [0.25, 0.3) is 0 Å². The van der Waals surface area contributed by atoms with Crippen molar-refractivity contribution in [3.05, 3.63) is 0 Å². The van der Waals surface area contributed by atoms with Gasteiger partial charge in [0.15, 0.2) is 0 Å². The third-order valence-corrected chi connectivity index (χ3v) is 4.11. The van der Waals surface area contributed by atoms with Gasteiger partial charge in [0, 0.05) is 19.6 Å². The molecular weight excluding hydrogens is 214 g/mol. The van der Waals surface area contributed by atoms with Crippen molar-refractivity contribution in [1.29, 1.82) is 0 Å². The Morgan fingerprint density at radius 2 is 2.06 bits per heavy atom. The first-order valence-corrected chi connectivity index (χ1v) is 6.51. The lowest BCUT2D eigenvalue weighted by molar-refractivity contribution is -0.136. The minimum absolute atomic E-state index is 0.0317. The molecule has 0 radical (unpaired) electrons. The van der Waals surface area contributed by atoms with Crippen LogP contribution in [0, 0.1) is 5.41 Å². The molecule has 1 fully saturated rings. The second-order valence-corrected chi connectivity index (χ2v) is 5.95. The van der Waals surface area contributed by atoms with Crippen molar-refractivity contribution in [1.82, 2.24) is 9.80 Å². The van der Waals surface area contributed by atoms with Gasteiger partial charge in [0.2, 0.25) is 5.91 Å². The Kier molecular flexibility index (Phi) is 4.55. The molecular formula is C13H27N3O. The second kappa shape index (κ2) is 5.36. The molecule has 2 unspecified atom stereocenters. The molecule has 1 rings (SSSR count). The third kappa shape index (κ3) is 3.19. The van der Waals surface area contributed by atoms with Gasteiger partial charge in [-0.3, -0.25) is 9.69 Å². The van der Waals surface area contributed by atoms with Crippen LogP contribution in [0.5, 0.6) is 0 Å². The van der Waals surface area contributed by atoms with Crippen LogP contribution in [-0.2, 0) is 4.79 Å². The maximum atomic E-state index is 12.2. The normalized spacial score (nSPS) is 27.5. The molecule has 1 aliphatic rings. The fourth-order valence-electron chi connectivity index (χ4n) is 2.26. The van der Waals surface area contributed by atoms with Gasteiger partial charge in [-0.2, -0.15) is 0 Å². The van der Waals surface area contributed by atoms with E-state index in [1.54, 1.807) is 0 Å². The maximum absolute atomic E-state index is 12.2. The topological polar surface area (TPSA) is 49.6 Å². The first kappa shape index (κ1) is 14.5. The Labute approximate surface area is 105 Å². The summed E-state index contributed by atoms with van der Waals surface area (Å²) in [7, 11) is 1.88. The Morgan fingerprint density at radius 3 is 2.47 bits per heavy atom. The van der Waals surface area contributed by atoms with Crippen molar-refractivity contribution in [2.75, 3.05) is 26.7 Å². The van der Waals surface area contributed by atoms with Gasteiger partial charge in [-0.1, -0.05) is 6.92 Å². The first-order chi connectivity index (χ1) is 7.80. The number of likely N-dealkylation sites (N-methyl/N-ethyl adjacent to an activating group) is 1. The van der Waals surface area contributed by atoms with Crippen LogP contribution in [0.15, 0.2) is 0 Å². The average molecular weight is 241 g/mol. The molecule has 0 saturated carbocycles. The van der Waals surface area contributed by atoms with E-state index in [-0.39, 0.29) is 23.4 Å².